The number of rotatable bonds is 17. The standard InChI is InChI=1S/C20H35N7O8/c1-9(2)16(24)19(33)26-11(4-7-14(22)29)17(31)25-10(3-6-13(21)28)18(32)27-12(20(34)35)5-8-15(23)30/h9-12,16H,3-8,24H2,1-2H3,(H2,21,28)(H2,22,29)(H2,23,30)(H,25,31)(H,26,33)(H,27,32)(H,34,35). The quantitative estimate of drug-likeness (QED) is 0.0971. The van der Waals surface area contributed by atoms with Crippen molar-refractivity contribution in [1.29, 1.82) is 0 Å². The van der Waals surface area contributed by atoms with Crippen LogP contribution in [-0.2, 0) is 33.6 Å². The van der Waals surface area contributed by atoms with E-state index in [2.05, 4.69) is 16.0 Å². The molecule has 0 rings (SSSR count). The van der Waals surface area contributed by atoms with E-state index in [0.29, 0.717) is 0 Å². The number of carbonyl (C=O) groups excluding carboxylic acids is 6. The van der Waals surface area contributed by atoms with E-state index in [1.165, 1.54) is 0 Å². The zero-order chi connectivity index (χ0) is 27.3. The summed E-state index contributed by atoms with van der Waals surface area (Å²) in [6.45, 7) is 3.37. The molecular weight excluding hydrogens is 466 g/mol. The van der Waals surface area contributed by atoms with Gasteiger partial charge in [0.2, 0.25) is 35.4 Å². The van der Waals surface area contributed by atoms with Gasteiger partial charge < -0.3 is 44.0 Å². The largest absolute Gasteiger partial charge is 0.480 e. The third-order valence-electron chi connectivity index (χ3n) is 4.94. The fraction of sp³-hybridized carbons (Fsp3) is 0.650. The molecule has 0 radical (unpaired) electrons. The number of nitrogens with one attached hydrogen (secondary N) is 3. The number of carboxylic acid groups (broad SMARTS) is 1. The van der Waals surface area contributed by atoms with Crippen molar-refractivity contribution in [1.82, 2.24) is 16.0 Å². The summed E-state index contributed by atoms with van der Waals surface area (Å²) in [5.41, 5.74) is 21.1. The molecule has 12 N–H and O–H groups in total. The van der Waals surface area contributed by atoms with E-state index in [4.69, 9.17) is 22.9 Å². The lowest BCUT2D eigenvalue weighted by Gasteiger charge is -2.25. The lowest BCUT2D eigenvalue weighted by molar-refractivity contribution is -0.142. The smallest absolute Gasteiger partial charge is 0.326 e. The molecule has 0 aromatic heterocycles. The van der Waals surface area contributed by atoms with Gasteiger partial charge in [-0.3, -0.25) is 28.8 Å². The molecule has 35 heavy (non-hydrogen) atoms. The topological polar surface area (TPSA) is 280 Å². The van der Waals surface area contributed by atoms with Gasteiger partial charge in [0.25, 0.3) is 0 Å². The molecule has 198 valence electrons. The molecule has 0 heterocycles. The number of aliphatic carboxylic acids is 1. The molecule has 15 heteroatoms. The first-order chi connectivity index (χ1) is 16.1. The Bertz CT molecular complexity index is 817. The summed E-state index contributed by atoms with van der Waals surface area (Å²) >= 11 is 0. The Labute approximate surface area is 202 Å². The highest BCUT2D eigenvalue weighted by atomic mass is 16.4. The Morgan fingerprint density at radius 2 is 0.943 bits per heavy atom. The van der Waals surface area contributed by atoms with E-state index in [1.54, 1.807) is 13.8 Å². The molecule has 0 aliphatic rings. The second kappa shape index (κ2) is 15.2. The molecule has 6 amide bonds. The summed E-state index contributed by atoms with van der Waals surface area (Å²) < 4.78 is 0. The summed E-state index contributed by atoms with van der Waals surface area (Å²) in [4.78, 5) is 82.8. The minimum Gasteiger partial charge on any atom is -0.480 e. The summed E-state index contributed by atoms with van der Waals surface area (Å²) in [6, 6.07) is -5.21. The number of nitrogens with two attached hydrogens (primary N) is 4. The van der Waals surface area contributed by atoms with E-state index >= 15 is 0 Å². The molecule has 15 nitrogen and oxygen atoms in total. The highest BCUT2D eigenvalue weighted by Crippen LogP contribution is 2.06. The molecule has 0 aliphatic heterocycles. The van der Waals surface area contributed by atoms with E-state index in [9.17, 15) is 38.7 Å². The van der Waals surface area contributed by atoms with Gasteiger partial charge in [-0.15, -0.1) is 0 Å². The molecule has 0 spiro atoms. The minimum atomic E-state index is -1.50. The van der Waals surface area contributed by atoms with Crippen LogP contribution in [0.5, 0.6) is 0 Å². The monoisotopic (exact) mass is 501 g/mol. The van der Waals surface area contributed by atoms with Crippen molar-refractivity contribution in [2.24, 2.45) is 28.9 Å². The fourth-order valence-electron chi connectivity index (χ4n) is 2.77. The highest BCUT2D eigenvalue weighted by molar-refractivity contribution is 5.94. The molecule has 0 saturated carbocycles. The summed E-state index contributed by atoms with van der Waals surface area (Å²) in [5.74, 6) is -6.59. The van der Waals surface area contributed by atoms with E-state index in [-0.39, 0.29) is 44.4 Å². The van der Waals surface area contributed by atoms with Crippen molar-refractivity contribution in [3.8, 4) is 0 Å². The third kappa shape index (κ3) is 12.9. The third-order valence-corrected chi connectivity index (χ3v) is 4.94. The maximum Gasteiger partial charge on any atom is 0.326 e. The average molecular weight is 502 g/mol. The first-order valence-corrected chi connectivity index (χ1v) is 10.9. The number of carbonyl (C=O) groups is 7. The molecule has 0 aliphatic carbocycles. The lowest BCUT2D eigenvalue weighted by Crippen LogP contribution is -2.57. The zero-order valence-electron chi connectivity index (χ0n) is 19.7. The normalized spacial score (nSPS) is 14.2. The van der Waals surface area contributed by atoms with Gasteiger partial charge >= 0.3 is 5.97 Å². The second-order valence-corrected chi connectivity index (χ2v) is 8.31. The molecular formula is C20H35N7O8. The number of primary amides is 3. The molecule has 4 unspecified atom stereocenters. The highest BCUT2D eigenvalue weighted by Gasteiger charge is 2.31. The molecule has 0 bridgehead atoms. The van der Waals surface area contributed by atoms with Crippen LogP contribution >= 0.6 is 0 Å². The van der Waals surface area contributed by atoms with Crippen LogP contribution in [0.3, 0.4) is 0 Å². The van der Waals surface area contributed by atoms with E-state index < -0.39 is 65.6 Å². The van der Waals surface area contributed by atoms with Crippen molar-refractivity contribution in [3.63, 3.8) is 0 Å². The average Bonchev–Trinajstić information content (AvgIpc) is 2.74. The Balaban J connectivity index is 5.65. The van der Waals surface area contributed by atoms with E-state index in [1.807, 2.05) is 0 Å². The lowest BCUT2D eigenvalue weighted by atomic mass is 10.0. The van der Waals surface area contributed by atoms with Crippen LogP contribution in [0.15, 0.2) is 0 Å². The predicted molar refractivity (Wildman–Crippen MR) is 122 cm³/mol. The number of hydrogen-bond acceptors (Lipinski definition) is 8. The molecule has 0 aromatic carbocycles. The van der Waals surface area contributed by atoms with Gasteiger partial charge in [0.05, 0.1) is 6.04 Å². The Morgan fingerprint density at radius 3 is 1.26 bits per heavy atom. The molecule has 0 saturated heterocycles. The van der Waals surface area contributed by atoms with Gasteiger partial charge in [-0.2, -0.15) is 0 Å². The Morgan fingerprint density at radius 1 is 0.629 bits per heavy atom. The van der Waals surface area contributed by atoms with Crippen molar-refractivity contribution in [3.05, 3.63) is 0 Å². The van der Waals surface area contributed by atoms with Crippen LogP contribution in [0.4, 0.5) is 0 Å². The van der Waals surface area contributed by atoms with E-state index in [0.717, 1.165) is 0 Å². The Hall–Kier alpha value is -3.75. The summed E-state index contributed by atoms with van der Waals surface area (Å²) in [6.07, 6.45) is -1.75. The van der Waals surface area contributed by atoms with Gasteiger partial charge in [-0.05, 0) is 25.2 Å². The van der Waals surface area contributed by atoms with Crippen LogP contribution < -0.4 is 38.9 Å². The SMILES string of the molecule is CC(C)C(N)C(=O)NC(CCC(N)=O)C(=O)NC(CCC(N)=O)C(=O)NC(CCC(N)=O)C(=O)O. The minimum absolute atomic E-state index is 0.210. The second-order valence-electron chi connectivity index (χ2n) is 8.31. The van der Waals surface area contributed by atoms with Gasteiger partial charge in [0, 0.05) is 19.3 Å². The maximum atomic E-state index is 12.9. The fourth-order valence-corrected chi connectivity index (χ4v) is 2.77. The van der Waals surface area contributed by atoms with Crippen LogP contribution in [0.2, 0.25) is 0 Å². The van der Waals surface area contributed by atoms with Crippen molar-refractivity contribution in [2.75, 3.05) is 0 Å². The van der Waals surface area contributed by atoms with Crippen LogP contribution in [-0.4, -0.2) is 70.7 Å². The van der Waals surface area contributed by atoms with Crippen molar-refractivity contribution < 1.29 is 38.7 Å². The number of carboxylic acids is 1. The van der Waals surface area contributed by atoms with Gasteiger partial charge in [-0.25, -0.2) is 4.79 Å². The number of hydrogen-bond donors (Lipinski definition) is 8. The van der Waals surface area contributed by atoms with Crippen molar-refractivity contribution >= 4 is 41.4 Å². The van der Waals surface area contributed by atoms with Gasteiger partial charge in [0.1, 0.15) is 18.1 Å². The number of amides is 6. The van der Waals surface area contributed by atoms with Crippen LogP contribution in [0, 0.1) is 5.92 Å². The summed E-state index contributed by atoms with van der Waals surface area (Å²) in [5, 5.41) is 16.2. The van der Waals surface area contributed by atoms with Gasteiger partial charge in [-0.1, -0.05) is 13.8 Å². The van der Waals surface area contributed by atoms with Crippen LogP contribution in [0.25, 0.3) is 0 Å². The van der Waals surface area contributed by atoms with Crippen molar-refractivity contribution in [2.45, 2.75) is 76.5 Å². The first-order valence-electron chi connectivity index (χ1n) is 10.9. The Kier molecular flexibility index (Phi) is 13.6. The first kappa shape index (κ1) is 31.2. The van der Waals surface area contributed by atoms with Gasteiger partial charge in [0.15, 0.2) is 0 Å². The molecule has 0 fully saturated rings. The summed E-state index contributed by atoms with van der Waals surface area (Å²) in [7, 11) is 0. The molecule has 4 atom stereocenters. The molecule has 0 aromatic rings. The van der Waals surface area contributed by atoms with Crippen LogP contribution in [0.1, 0.15) is 52.4 Å². The zero-order valence-corrected chi connectivity index (χ0v) is 19.7. The predicted octanol–water partition coefficient (Wildman–Crippen LogP) is -3.69. The maximum absolute atomic E-state index is 12.9.